The predicted octanol–water partition coefficient (Wildman–Crippen LogP) is 3.50. The van der Waals surface area contributed by atoms with Crippen LogP contribution in [0.1, 0.15) is 11.1 Å². The number of amides is 2. The Morgan fingerprint density at radius 3 is 2.63 bits per heavy atom. The summed E-state index contributed by atoms with van der Waals surface area (Å²) in [6.07, 6.45) is -4.51. The van der Waals surface area contributed by atoms with Crippen molar-refractivity contribution < 1.29 is 27.5 Å². The van der Waals surface area contributed by atoms with Crippen LogP contribution in [0.5, 0.6) is 5.75 Å². The number of hydrogen-bond donors (Lipinski definition) is 1. The molecule has 156 valence electrons. The fourth-order valence-corrected chi connectivity index (χ4v) is 3.93. The largest absolute Gasteiger partial charge is 0.484 e. The molecule has 0 aromatic heterocycles. The molecular formula is C20H16F3N3O3S. The Bertz CT molecular complexity index is 974. The van der Waals surface area contributed by atoms with Crippen LogP contribution >= 0.6 is 11.8 Å². The maximum atomic E-state index is 12.8. The molecule has 0 bridgehead atoms. The summed E-state index contributed by atoms with van der Waals surface area (Å²) in [5.41, 5.74) is 0.0697. The first-order valence-corrected chi connectivity index (χ1v) is 9.91. The molecule has 0 radical (unpaired) electrons. The summed E-state index contributed by atoms with van der Waals surface area (Å²) >= 11 is 1.39. The lowest BCUT2D eigenvalue weighted by Crippen LogP contribution is -2.46. The number of rotatable bonds is 5. The van der Waals surface area contributed by atoms with Crippen LogP contribution in [-0.4, -0.2) is 41.0 Å². The number of nitrogens with zero attached hydrogens (tertiary/aromatic N) is 2. The third kappa shape index (κ3) is 5.24. The van der Waals surface area contributed by atoms with Gasteiger partial charge in [0.1, 0.15) is 11.8 Å². The van der Waals surface area contributed by atoms with Crippen LogP contribution in [0.3, 0.4) is 0 Å². The van der Waals surface area contributed by atoms with Crippen molar-refractivity contribution in [3.8, 4) is 11.8 Å². The number of anilines is 1. The van der Waals surface area contributed by atoms with Crippen LogP contribution in [0.2, 0.25) is 0 Å². The van der Waals surface area contributed by atoms with E-state index < -0.39 is 36.2 Å². The Morgan fingerprint density at radius 2 is 1.97 bits per heavy atom. The molecule has 10 heteroatoms. The molecule has 3 rings (SSSR count). The van der Waals surface area contributed by atoms with Gasteiger partial charge in [0.2, 0.25) is 5.91 Å². The lowest BCUT2D eigenvalue weighted by molar-refractivity contribution is -0.138. The highest BCUT2D eigenvalue weighted by Crippen LogP contribution is 2.31. The molecule has 1 atom stereocenters. The molecule has 1 heterocycles. The Kier molecular flexibility index (Phi) is 6.52. The Hall–Kier alpha value is -3.19. The van der Waals surface area contributed by atoms with Gasteiger partial charge in [0.05, 0.1) is 23.1 Å². The van der Waals surface area contributed by atoms with Crippen LogP contribution < -0.4 is 10.1 Å². The van der Waals surface area contributed by atoms with Gasteiger partial charge in [0, 0.05) is 11.4 Å². The summed E-state index contributed by atoms with van der Waals surface area (Å²) < 4.78 is 43.6. The van der Waals surface area contributed by atoms with Crippen molar-refractivity contribution in [2.24, 2.45) is 0 Å². The first kappa shape index (κ1) is 21.5. The smallest absolute Gasteiger partial charge is 0.416 e. The van der Waals surface area contributed by atoms with E-state index in [2.05, 4.69) is 5.32 Å². The van der Waals surface area contributed by atoms with Crippen LogP contribution in [0, 0.1) is 11.3 Å². The van der Waals surface area contributed by atoms with E-state index in [9.17, 15) is 22.8 Å². The van der Waals surface area contributed by atoms with Crippen LogP contribution in [0.4, 0.5) is 18.9 Å². The van der Waals surface area contributed by atoms with E-state index in [0.717, 1.165) is 12.1 Å². The maximum Gasteiger partial charge on any atom is 0.416 e. The van der Waals surface area contributed by atoms with Crippen molar-refractivity contribution >= 4 is 29.3 Å². The highest BCUT2D eigenvalue weighted by molar-refractivity contribution is 7.99. The van der Waals surface area contributed by atoms with Gasteiger partial charge in [-0.2, -0.15) is 18.4 Å². The molecule has 1 fully saturated rings. The molecule has 1 aliphatic heterocycles. The van der Waals surface area contributed by atoms with Gasteiger partial charge >= 0.3 is 6.18 Å². The average Bonchev–Trinajstić information content (AvgIpc) is 3.22. The standard InChI is InChI=1S/C20H16F3N3O3S/c21-20(22,23)14-2-1-3-16(8-14)29-10-18(27)26-12-30-11-17(26)19(28)25-15-6-4-13(9-24)5-7-15/h1-8,17H,10-12H2,(H,25,28). The summed E-state index contributed by atoms with van der Waals surface area (Å²) in [4.78, 5) is 26.4. The van der Waals surface area contributed by atoms with Crippen molar-refractivity contribution in [3.05, 3.63) is 59.7 Å². The van der Waals surface area contributed by atoms with E-state index >= 15 is 0 Å². The summed E-state index contributed by atoms with van der Waals surface area (Å²) in [6.45, 7) is -0.484. The zero-order valence-corrected chi connectivity index (χ0v) is 16.3. The topological polar surface area (TPSA) is 82.4 Å². The number of thioether (sulfide) groups is 1. The first-order valence-electron chi connectivity index (χ1n) is 8.76. The lowest BCUT2D eigenvalue weighted by atomic mass is 10.2. The van der Waals surface area contributed by atoms with E-state index in [0.29, 0.717) is 17.0 Å². The molecule has 1 N–H and O–H groups in total. The number of carbonyl (C=O) groups is 2. The number of alkyl halides is 3. The zero-order chi connectivity index (χ0) is 21.7. The van der Waals surface area contributed by atoms with Gasteiger partial charge in [-0.25, -0.2) is 0 Å². The van der Waals surface area contributed by atoms with Gasteiger partial charge in [-0.15, -0.1) is 11.8 Å². The predicted molar refractivity (Wildman–Crippen MR) is 105 cm³/mol. The van der Waals surface area contributed by atoms with Crippen molar-refractivity contribution in [3.63, 3.8) is 0 Å². The summed E-state index contributed by atoms with van der Waals surface area (Å²) in [6, 6.07) is 11.8. The summed E-state index contributed by atoms with van der Waals surface area (Å²) in [7, 11) is 0. The highest BCUT2D eigenvalue weighted by Gasteiger charge is 2.35. The van der Waals surface area contributed by atoms with Crippen molar-refractivity contribution in [1.29, 1.82) is 5.26 Å². The summed E-state index contributed by atoms with van der Waals surface area (Å²) in [5.74, 6) is -0.314. The molecule has 1 unspecified atom stereocenters. The molecule has 0 saturated carbocycles. The fourth-order valence-electron chi connectivity index (χ4n) is 2.75. The first-order chi connectivity index (χ1) is 14.3. The Labute approximate surface area is 174 Å². The quantitative estimate of drug-likeness (QED) is 0.778. The second kappa shape index (κ2) is 9.09. The molecular weight excluding hydrogens is 419 g/mol. The second-order valence-electron chi connectivity index (χ2n) is 6.37. The highest BCUT2D eigenvalue weighted by atomic mass is 32.2. The van der Waals surface area contributed by atoms with E-state index in [1.807, 2.05) is 6.07 Å². The molecule has 1 aliphatic rings. The molecule has 30 heavy (non-hydrogen) atoms. The Balaban J connectivity index is 1.60. The van der Waals surface area contributed by atoms with Gasteiger partial charge < -0.3 is 15.0 Å². The van der Waals surface area contributed by atoms with Crippen LogP contribution in [-0.2, 0) is 15.8 Å². The van der Waals surface area contributed by atoms with Crippen LogP contribution in [0.15, 0.2) is 48.5 Å². The van der Waals surface area contributed by atoms with E-state index in [4.69, 9.17) is 10.00 Å². The molecule has 0 aliphatic carbocycles. The normalized spacial score (nSPS) is 16.1. The number of benzene rings is 2. The van der Waals surface area contributed by atoms with Gasteiger partial charge in [0.25, 0.3) is 5.91 Å². The molecule has 1 saturated heterocycles. The monoisotopic (exact) mass is 435 g/mol. The number of nitriles is 1. The van der Waals surface area contributed by atoms with E-state index in [-0.39, 0.29) is 11.6 Å². The van der Waals surface area contributed by atoms with Crippen molar-refractivity contribution in [1.82, 2.24) is 4.90 Å². The van der Waals surface area contributed by atoms with Crippen molar-refractivity contribution in [2.45, 2.75) is 12.2 Å². The number of nitrogens with one attached hydrogen (secondary N) is 1. The molecule has 2 amide bonds. The zero-order valence-electron chi connectivity index (χ0n) is 15.5. The molecule has 2 aromatic carbocycles. The number of hydrogen-bond acceptors (Lipinski definition) is 5. The van der Waals surface area contributed by atoms with Gasteiger partial charge in [0.15, 0.2) is 6.61 Å². The molecule has 2 aromatic rings. The molecule has 0 spiro atoms. The third-order valence-corrected chi connectivity index (χ3v) is 5.32. The van der Waals surface area contributed by atoms with E-state index in [1.165, 1.54) is 28.8 Å². The minimum absolute atomic E-state index is 0.0800. The number of carbonyl (C=O) groups excluding carboxylic acids is 2. The maximum absolute atomic E-state index is 12.8. The van der Waals surface area contributed by atoms with Gasteiger partial charge in [-0.1, -0.05) is 6.07 Å². The van der Waals surface area contributed by atoms with Gasteiger partial charge in [-0.05, 0) is 42.5 Å². The minimum atomic E-state index is -4.51. The third-order valence-electron chi connectivity index (χ3n) is 4.31. The lowest BCUT2D eigenvalue weighted by Gasteiger charge is -2.23. The average molecular weight is 435 g/mol. The van der Waals surface area contributed by atoms with Crippen molar-refractivity contribution in [2.75, 3.05) is 23.6 Å². The summed E-state index contributed by atoms with van der Waals surface area (Å²) in [5, 5.41) is 11.5. The molecule has 6 nitrogen and oxygen atoms in total. The van der Waals surface area contributed by atoms with Crippen LogP contribution in [0.25, 0.3) is 0 Å². The number of halogens is 3. The van der Waals surface area contributed by atoms with Gasteiger partial charge in [-0.3, -0.25) is 9.59 Å². The Morgan fingerprint density at radius 1 is 1.23 bits per heavy atom. The fraction of sp³-hybridized carbons (Fsp3) is 0.250. The second-order valence-corrected chi connectivity index (χ2v) is 7.37. The number of ether oxygens (including phenoxy) is 1. The van der Waals surface area contributed by atoms with E-state index in [1.54, 1.807) is 24.3 Å². The minimum Gasteiger partial charge on any atom is -0.484 e. The SMILES string of the molecule is N#Cc1ccc(NC(=O)C2CSCN2C(=O)COc2cccc(C(F)(F)F)c2)cc1.